The molecule has 2 nitrogen and oxygen atoms in total. The Morgan fingerprint density at radius 2 is 2.23 bits per heavy atom. The predicted octanol–water partition coefficient (Wildman–Crippen LogP) is 2.21. The first-order chi connectivity index (χ1) is 6.15. The maximum Gasteiger partial charge on any atom is 0.168 e. The van der Waals surface area contributed by atoms with E-state index in [-0.39, 0.29) is 0 Å². The minimum absolute atomic E-state index is 0.323. The molecule has 0 bridgehead atoms. The van der Waals surface area contributed by atoms with Crippen LogP contribution in [-0.4, -0.2) is 5.11 Å². The van der Waals surface area contributed by atoms with Gasteiger partial charge < -0.3 is 11.1 Å². The molecule has 3 heteroatoms. The van der Waals surface area contributed by atoms with Gasteiger partial charge in [-0.2, -0.15) is 0 Å². The fraction of sp³-hybridized carbons (Fsp3) is 0.300. The summed E-state index contributed by atoms with van der Waals surface area (Å²) in [5.41, 5.74) is 8.91. The third-order valence-electron chi connectivity index (χ3n) is 1.99. The number of hydrogen-bond acceptors (Lipinski definition) is 1. The lowest BCUT2D eigenvalue weighted by Crippen LogP contribution is -2.20. The molecule has 0 atom stereocenters. The SMILES string of the molecule is CCc1cccc(C)c1NC(N)=S. The van der Waals surface area contributed by atoms with E-state index in [2.05, 4.69) is 18.3 Å². The van der Waals surface area contributed by atoms with E-state index in [9.17, 15) is 0 Å². The topological polar surface area (TPSA) is 38.0 Å². The minimum atomic E-state index is 0.323. The highest BCUT2D eigenvalue weighted by molar-refractivity contribution is 7.80. The molecular weight excluding hydrogens is 180 g/mol. The number of nitrogens with two attached hydrogens (primary N) is 1. The van der Waals surface area contributed by atoms with E-state index in [1.807, 2.05) is 19.1 Å². The Bertz CT molecular complexity index is 321. The molecule has 0 heterocycles. The summed E-state index contributed by atoms with van der Waals surface area (Å²) in [6.45, 7) is 4.15. The first-order valence-electron chi connectivity index (χ1n) is 4.30. The van der Waals surface area contributed by atoms with E-state index in [1.54, 1.807) is 0 Å². The summed E-state index contributed by atoms with van der Waals surface area (Å²) in [6, 6.07) is 6.16. The van der Waals surface area contributed by atoms with E-state index < -0.39 is 0 Å². The zero-order valence-corrected chi connectivity index (χ0v) is 8.74. The van der Waals surface area contributed by atoms with E-state index in [1.165, 1.54) is 11.1 Å². The molecule has 1 aromatic rings. The number of anilines is 1. The fourth-order valence-electron chi connectivity index (χ4n) is 1.33. The lowest BCUT2D eigenvalue weighted by atomic mass is 10.1. The largest absolute Gasteiger partial charge is 0.376 e. The van der Waals surface area contributed by atoms with Gasteiger partial charge in [-0.1, -0.05) is 25.1 Å². The standard InChI is InChI=1S/C10H14N2S/c1-3-8-6-4-5-7(2)9(8)12-10(11)13/h4-6H,3H2,1-2H3,(H3,11,12,13). The second-order valence-electron chi connectivity index (χ2n) is 2.95. The summed E-state index contributed by atoms with van der Waals surface area (Å²) in [5, 5.41) is 3.32. The van der Waals surface area contributed by atoms with Gasteiger partial charge in [0.15, 0.2) is 5.11 Å². The van der Waals surface area contributed by atoms with Crippen LogP contribution in [0.15, 0.2) is 18.2 Å². The normalized spacial score (nSPS) is 9.69. The second kappa shape index (κ2) is 4.23. The Hall–Kier alpha value is -1.09. The van der Waals surface area contributed by atoms with Crippen molar-refractivity contribution in [2.24, 2.45) is 5.73 Å². The van der Waals surface area contributed by atoms with Crippen LogP contribution in [0.2, 0.25) is 0 Å². The van der Waals surface area contributed by atoms with Gasteiger partial charge in [-0.3, -0.25) is 0 Å². The molecule has 70 valence electrons. The van der Waals surface area contributed by atoms with Crippen molar-refractivity contribution in [1.82, 2.24) is 0 Å². The lowest BCUT2D eigenvalue weighted by Gasteiger charge is -2.12. The molecule has 0 aliphatic carbocycles. The number of para-hydroxylation sites is 1. The molecule has 0 fully saturated rings. The molecule has 0 spiro atoms. The molecule has 1 aromatic carbocycles. The van der Waals surface area contributed by atoms with Crippen LogP contribution in [0.3, 0.4) is 0 Å². The molecular formula is C10H14N2S. The van der Waals surface area contributed by atoms with Crippen molar-refractivity contribution in [2.45, 2.75) is 20.3 Å². The van der Waals surface area contributed by atoms with Gasteiger partial charge in [-0.25, -0.2) is 0 Å². The average molecular weight is 194 g/mol. The number of thiocarbonyl (C=S) groups is 1. The van der Waals surface area contributed by atoms with Gasteiger partial charge in [0.05, 0.1) is 0 Å². The van der Waals surface area contributed by atoms with Crippen molar-refractivity contribution in [3.8, 4) is 0 Å². The number of hydrogen-bond donors (Lipinski definition) is 2. The fourth-order valence-corrected chi connectivity index (χ4v) is 1.43. The van der Waals surface area contributed by atoms with E-state index in [0.29, 0.717) is 5.11 Å². The zero-order valence-electron chi connectivity index (χ0n) is 7.92. The predicted molar refractivity (Wildman–Crippen MR) is 61.0 cm³/mol. The summed E-state index contributed by atoms with van der Waals surface area (Å²) in [7, 11) is 0. The monoisotopic (exact) mass is 194 g/mol. The lowest BCUT2D eigenvalue weighted by molar-refractivity contribution is 1.13. The van der Waals surface area contributed by atoms with Gasteiger partial charge >= 0.3 is 0 Å². The highest BCUT2D eigenvalue weighted by atomic mass is 32.1. The van der Waals surface area contributed by atoms with Crippen LogP contribution in [0.1, 0.15) is 18.1 Å². The van der Waals surface area contributed by atoms with Crippen molar-refractivity contribution < 1.29 is 0 Å². The Balaban J connectivity index is 3.07. The highest BCUT2D eigenvalue weighted by Crippen LogP contribution is 2.20. The molecule has 0 amide bonds. The third-order valence-corrected chi connectivity index (χ3v) is 2.09. The summed E-state index contributed by atoms with van der Waals surface area (Å²) in [4.78, 5) is 0. The smallest absolute Gasteiger partial charge is 0.168 e. The number of aryl methyl sites for hydroxylation is 2. The van der Waals surface area contributed by atoms with Gasteiger partial charge in [0.25, 0.3) is 0 Å². The summed E-state index contributed by atoms with van der Waals surface area (Å²) < 4.78 is 0. The molecule has 0 saturated carbocycles. The van der Waals surface area contributed by atoms with E-state index in [0.717, 1.165) is 12.1 Å². The van der Waals surface area contributed by atoms with Gasteiger partial charge in [-0.05, 0) is 36.7 Å². The maximum atomic E-state index is 5.44. The Kier molecular flexibility index (Phi) is 3.25. The van der Waals surface area contributed by atoms with Crippen LogP contribution < -0.4 is 11.1 Å². The first kappa shape index (κ1) is 9.99. The number of nitrogens with one attached hydrogen (secondary N) is 1. The van der Waals surface area contributed by atoms with Crippen LogP contribution >= 0.6 is 12.2 Å². The van der Waals surface area contributed by atoms with Crippen molar-refractivity contribution in [1.29, 1.82) is 0 Å². The Morgan fingerprint density at radius 3 is 2.77 bits per heavy atom. The molecule has 0 radical (unpaired) electrons. The second-order valence-corrected chi connectivity index (χ2v) is 3.39. The molecule has 0 unspecified atom stereocenters. The average Bonchev–Trinajstić information content (AvgIpc) is 2.08. The van der Waals surface area contributed by atoms with Gasteiger partial charge in [0, 0.05) is 5.69 Å². The Labute approximate surface area is 84.1 Å². The van der Waals surface area contributed by atoms with Crippen LogP contribution in [0.4, 0.5) is 5.69 Å². The molecule has 0 aliphatic rings. The number of rotatable bonds is 2. The van der Waals surface area contributed by atoms with E-state index in [4.69, 9.17) is 18.0 Å². The minimum Gasteiger partial charge on any atom is -0.376 e. The van der Waals surface area contributed by atoms with Gasteiger partial charge in [0.1, 0.15) is 0 Å². The third kappa shape index (κ3) is 2.42. The molecule has 3 N–H and O–H groups in total. The van der Waals surface area contributed by atoms with E-state index >= 15 is 0 Å². The molecule has 1 rings (SSSR count). The highest BCUT2D eigenvalue weighted by Gasteiger charge is 2.03. The Morgan fingerprint density at radius 1 is 1.54 bits per heavy atom. The maximum absolute atomic E-state index is 5.44. The zero-order chi connectivity index (χ0) is 9.84. The van der Waals surface area contributed by atoms with Crippen LogP contribution in [0.25, 0.3) is 0 Å². The number of benzene rings is 1. The van der Waals surface area contributed by atoms with Crippen molar-refractivity contribution in [3.63, 3.8) is 0 Å². The van der Waals surface area contributed by atoms with Crippen LogP contribution in [-0.2, 0) is 6.42 Å². The molecule has 13 heavy (non-hydrogen) atoms. The van der Waals surface area contributed by atoms with Crippen molar-refractivity contribution in [2.75, 3.05) is 5.32 Å². The van der Waals surface area contributed by atoms with Crippen LogP contribution in [0, 0.1) is 6.92 Å². The summed E-state index contributed by atoms with van der Waals surface area (Å²) in [6.07, 6.45) is 0.979. The van der Waals surface area contributed by atoms with Crippen molar-refractivity contribution in [3.05, 3.63) is 29.3 Å². The summed E-state index contributed by atoms with van der Waals surface area (Å²) >= 11 is 4.81. The van der Waals surface area contributed by atoms with Crippen LogP contribution in [0.5, 0.6) is 0 Å². The quantitative estimate of drug-likeness (QED) is 0.709. The van der Waals surface area contributed by atoms with Gasteiger partial charge in [-0.15, -0.1) is 0 Å². The summed E-state index contributed by atoms with van der Waals surface area (Å²) in [5.74, 6) is 0. The van der Waals surface area contributed by atoms with Gasteiger partial charge in [0.2, 0.25) is 0 Å². The first-order valence-corrected chi connectivity index (χ1v) is 4.71. The molecule has 0 aromatic heterocycles. The molecule has 0 aliphatic heterocycles. The van der Waals surface area contributed by atoms with Crippen molar-refractivity contribution >= 4 is 23.0 Å². The molecule has 0 saturated heterocycles.